The van der Waals surface area contributed by atoms with Gasteiger partial charge in [0.25, 0.3) is 0 Å². The third-order valence-corrected chi connectivity index (χ3v) is 6.01. The monoisotopic (exact) mass is 399 g/mol. The van der Waals surface area contributed by atoms with Gasteiger partial charge in [0.15, 0.2) is 11.8 Å². The first-order chi connectivity index (χ1) is 14.1. The van der Waals surface area contributed by atoms with E-state index in [-0.39, 0.29) is 5.82 Å². The van der Waals surface area contributed by atoms with Crippen LogP contribution in [0.15, 0.2) is 29.3 Å². The number of aliphatic imine (C=N–C) groups is 1. The molecule has 1 saturated carbocycles. The number of halogens is 1. The van der Waals surface area contributed by atoms with Crippen molar-refractivity contribution in [3.8, 4) is 0 Å². The van der Waals surface area contributed by atoms with Crippen LogP contribution in [0.5, 0.6) is 0 Å². The molecule has 1 aliphatic heterocycles. The maximum Gasteiger partial charge on any atom is 0.194 e. The summed E-state index contributed by atoms with van der Waals surface area (Å²) in [5, 5.41) is 12.1. The van der Waals surface area contributed by atoms with Gasteiger partial charge in [0.2, 0.25) is 0 Å². The molecule has 0 atom stereocenters. The number of hydrogen-bond acceptors (Lipinski definition) is 4. The van der Waals surface area contributed by atoms with Crippen molar-refractivity contribution in [3.63, 3.8) is 0 Å². The van der Waals surface area contributed by atoms with Crippen LogP contribution in [0.3, 0.4) is 0 Å². The van der Waals surface area contributed by atoms with Crippen LogP contribution < -0.4 is 10.2 Å². The van der Waals surface area contributed by atoms with Gasteiger partial charge in [0, 0.05) is 45.0 Å². The molecule has 156 valence electrons. The number of benzene rings is 1. The maximum atomic E-state index is 13.2. The zero-order chi connectivity index (χ0) is 20.2. The molecule has 0 radical (unpaired) electrons. The van der Waals surface area contributed by atoms with E-state index in [9.17, 15) is 4.39 Å². The van der Waals surface area contributed by atoms with Crippen LogP contribution in [-0.4, -0.2) is 57.8 Å². The summed E-state index contributed by atoms with van der Waals surface area (Å²) >= 11 is 0. The van der Waals surface area contributed by atoms with E-state index < -0.39 is 0 Å². The predicted molar refractivity (Wildman–Crippen MR) is 112 cm³/mol. The highest BCUT2D eigenvalue weighted by molar-refractivity contribution is 5.80. The topological polar surface area (TPSA) is 61.6 Å². The SMILES string of the molecule is Cc1nnc(CN=C(NC2CCCC2)N2CCN(c3ccc(F)cc3)CC2)n1C. The summed E-state index contributed by atoms with van der Waals surface area (Å²) < 4.78 is 15.2. The molecule has 0 spiro atoms. The minimum absolute atomic E-state index is 0.193. The molecule has 4 rings (SSSR count). The van der Waals surface area contributed by atoms with Crippen molar-refractivity contribution in [1.82, 2.24) is 25.0 Å². The lowest BCUT2D eigenvalue weighted by atomic mass is 10.2. The summed E-state index contributed by atoms with van der Waals surface area (Å²) in [6.45, 7) is 6.01. The van der Waals surface area contributed by atoms with Gasteiger partial charge in [-0.3, -0.25) is 0 Å². The predicted octanol–water partition coefficient (Wildman–Crippen LogP) is 2.47. The summed E-state index contributed by atoms with van der Waals surface area (Å²) in [4.78, 5) is 9.54. The average molecular weight is 400 g/mol. The number of rotatable bonds is 4. The van der Waals surface area contributed by atoms with Crippen LogP contribution in [-0.2, 0) is 13.6 Å². The van der Waals surface area contributed by atoms with Gasteiger partial charge in [-0.15, -0.1) is 10.2 Å². The number of piperazine rings is 1. The van der Waals surface area contributed by atoms with Crippen molar-refractivity contribution in [2.45, 2.75) is 45.2 Å². The second-order valence-electron chi connectivity index (χ2n) is 7.94. The summed E-state index contributed by atoms with van der Waals surface area (Å²) in [5.74, 6) is 2.55. The van der Waals surface area contributed by atoms with Crippen molar-refractivity contribution in [3.05, 3.63) is 41.7 Å². The molecule has 1 saturated heterocycles. The van der Waals surface area contributed by atoms with E-state index in [1.54, 1.807) is 0 Å². The Morgan fingerprint density at radius 2 is 1.79 bits per heavy atom. The summed E-state index contributed by atoms with van der Waals surface area (Å²) in [6, 6.07) is 7.27. The van der Waals surface area contributed by atoms with Crippen molar-refractivity contribution in [2.75, 3.05) is 31.1 Å². The van der Waals surface area contributed by atoms with Gasteiger partial charge in [-0.2, -0.15) is 0 Å². The molecule has 2 fully saturated rings. The van der Waals surface area contributed by atoms with Gasteiger partial charge >= 0.3 is 0 Å². The summed E-state index contributed by atoms with van der Waals surface area (Å²) in [7, 11) is 1.98. The van der Waals surface area contributed by atoms with Gasteiger partial charge < -0.3 is 19.7 Å². The quantitative estimate of drug-likeness (QED) is 0.632. The van der Waals surface area contributed by atoms with E-state index in [2.05, 4.69) is 25.3 Å². The van der Waals surface area contributed by atoms with Crippen LogP contribution in [0.2, 0.25) is 0 Å². The molecule has 1 N–H and O–H groups in total. The Balaban J connectivity index is 1.43. The van der Waals surface area contributed by atoms with Gasteiger partial charge in [-0.1, -0.05) is 12.8 Å². The number of aromatic nitrogens is 3. The molecule has 1 aromatic carbocycles. The van der Waals surface area contributed by atoms with Gasteiger partial charge in [0.05, 0.1) is 0 Å². The standard InChI is InChI=1S/C21H30FN7/c1-16-25-26-20(27(16)2)15-23-21(24-18-5-3-4-6-18)29-13-11-28(12-14-29)19-9-7-17(22)8-10-19/h7-10,18H,3-6,11-15H2,1-2H3,(H,23,24). The highest BCUT2D eigenvalue weighted by atomic mass is 19.1. The first kappa shape index (κ1) is 19.7. The molecule has 2 aromatic rings. The largest absolute Gasteiger partial charge is 0.368 e. The lowest BCUT2D eigenvalue weighted by Gasteiger charge is -2.38. The minimum atomic E-state index is -0.193. The zero-order valence-electron chi connectivity index (χ0n) is 17.3. The molecule has 1 aromatic heterocycles. The number of guanidine groups is 1. The lowest BCUT2D eigenvalue weighted by Crippen LogP contribution is -2.54. The normalized spacial score (nSPS) is 18.5. The van der Waals surface area contributed by atoms with E-state index in [1.807, 2.05) is 30.7 Å². The number of aryl methyl sites for hydroxylation is 1. The maximum absolute atomic E-state index is 13.2. The van der Waals surface area contributed by atoms with Crippen LogP contribution in [0.1, 0.15) is 37.3 Å². The molecule has 29 heavy (non-hydrogen) atoms. The molecule has 7 nitrogen and oxygen atoms in total. The summed E-state index contributed by atoms with van der Waals surface area (Å²) in [5.41, 5.74) is 1.07. The van der Waals surface area contributed by atoms with Crippen molar-refractivity contribution in [2.24, 2.45) is 12.0 Å². The summed E-state index contributed by atoms with van der Waals surface area (Å²) in [6.07, 6.45) is 4.98. The Morgan fingerprint density at radius 3 is 2.41 bits per heavy atom. The second-order valence-corrected chi connectivity index (χ2v) is 7.94. The fourth-order valence-corrected chi connectivity index (χ4v) is 4.05. The number of anilines is 1. The van der Waals surface area contributed by atoms with Crippen molar-refractivity contribution < 1.29 is 4.39 Å². The Hall–Kier alpha value is -2.64. The Bertz CT molecular complexity index is 831. The number of nitrogens with one attached hydrogen (secondary N) is 1. The Labute approximate surface area is 171 Å². The van der Waals surface area contributed by atoms with E-state index in [0.29, 0.717) is 12.6 Å². The van der Waals surface area contributed by atoms with E-state index in [4.69, 9.17) is 4.99 Å². The first-order valence-corrected chi connectivity index (χ1v) is 10.5. The number of hydrogen-bond donors (Lipinski definition) is 1. The van der Waals surface area contributed by atoms with Crippen LogP contribution in [0.25, 0.3) is 0 Å². The molecular formula is C21H30FN7. The molecular weight excluding hydrogens is 369 g/mol. The first-order valence-electron chi connectivity index (χ1n) is 10.5. The number of nitrogens with zero attached hydrogens (tertiary/aromatic N) is 6. The average Bonchev–Trinajstić information content (AvgIpc) is 3.37. The zero-order valence-corrected chi connectivity index (χ0v) is 17.3. The van der Waals surface area contributed by atoms with Crippen molar-refractivity contribution >= 4 is 11.6 Å². The molecule has 0 bridgehead atoms. The molecule has 1 aliphatic carbocycles. The molecule has 2 aliphatic rings. The molecule has 8 heteroatoms. The van der Waals surface area contributed by atoms with Gasteiger partial charge in [-0.05, 0) is 44.0 Å². The van der Waals surface area contributed by atoms with Crippen LogP contribution in [0.4, 0.5) is 10.1 Å². The highest BCUT2D eigenvalue weighted by Crippen LogP contribution is 2.20. The molecule has 0 amide bonds. The fourth-order valence-electron chi connectivity index (χ4n) is 4.05. The van der Waals surface area contributed by atoms with Crippen molar-refractivity contribution in [1.29, 1.82) is 0 Å². The fraction of sp³-hybridized carbons (Fsp3) is 0.571. The highest BCUT2D eigenvalue weighted by Gasteiger charge is 2.23. The Kier molecular flexibility index (Phi) is 5.97. The van der Waals surface area contributed by atoms with Gasteiger partial charge in [-0.25, -0.2) is 9.38 Å². The molecule has 2 heterocycles. The Morgan fingerprint density at radius 1 is 1.10 bits per heavy atom. The molecule has 0 unspecified atom stereocenters. The van der Waals surface area contributed by atoms with E-state index in [1.165, 1.54) is 37.8 Å². The van der Waals surface area contributed by atoms with Crippen LogP contribution >= 0.6 is 0 Å². The van der Waals surface area contributed by atoms with Gasteiger partial charge in [0.1, 0.15) is 18.2 Å². The third kappa shape index (κ3) is 4.68. The smallest absolute Gasteiger partial charge is 0.194 e. The van der Waals surface area contributed by atoms with E-state index >= 15 is 0 Å². The minimum Gasteiger partial charge on any atom is -0.368 e. The van der Waals surface area contributed by atoms with E-state index in [0.717, 1.165) is 49.5 Å². The second kappa shape index (κ2) is 8.80. The van der Waals surface area contributed by atoms with Crippen LogP contribution in [0, 0.1) is 12.7 Å². The lowest BCUT2D eigenvalue weighted by molar-refractivity contribution is 0.365. The third-order valence-electron chi connectivity index (χ3n) is 6.01.